The number of rotatable bonds is 5. The van der Waals surface area contributed by atoms with Crippen LogP contribution in [0.5, 0.6) is 5.75 Å². The highest BCUT2D eigenvalue weighted by atomic mass is 35.5. The molecular formula is C14H16ClNO5S. The van der Waals surface area contributed by atoms with Crippen LogP contribution in [0, 0.1) is 5.92 Å². The summed E-state index contributed by atoms with van der Waals surface area (Å²) in [5, 5.41) is 9.07. The summed E-state index contributed by atoms with van der Waals surface area (Å²) >= 11 is 5.98. The van der Waals surface area contributed by atoms with Crippen LogP contribution in [0.25, 0.3) is 0 Å². The number of aliphatic carboxylic acids is 1. The van der Waals surface area contributed by atoms with Gasteiger partial charge in [0.05, 0.1) is 18.1 Å². The van der Waals surface area contributed by atoms with Gasteiger partial charge in [0.15, 0.2) is 0 Å². The van der Waals surface area contributed by atoms with Crippen LogP contribution in [0.4, 0.5) is 0 Å². The molecule has 2 N–H and O–H groups in total. The Kier molecular flexibility index (Phi) is 5.10. The zero-order valence-corrected chi connectivity index (χ0v) is 13.4. The zero-order chi connectivity index (χ0) is 16.3. The van der Waals surface area contributed by atoms with Gasteiger partial charge in [-0.1, -0.05) is 23.8 Å². The van der Waals surface area contributed by atoms with Gasteiger partial charge < -0.3 is 9.84 Å². The first-order valence-corrected chi connectivity index (χ1v) is 8.45. The number of ether oxygens (including phenoxy) is 1. The van der Waals surface area contributed by atoms with E-state index in [0.717, 1.165) is 0 Å². The van der Waals surface area contributed by atoms with Crippen molar-refractivity contribution in [3.63, 3.8) is 0 Å². The number of carbonyl (C=O) groups is 1. The summed E-state index contributed by atoms with van der Waals surface area (Å²) in [5.74, 6) is -1.08. The summed E-state index contributed by atoms with van der Waals surface area (Å²) in [4.78, 5) is 10.9. The van der Waals surface area contributed by atoms with Gasteiger partial charge in [0.1, 0.15) is 10.6 Å². The molecule has 0 unspecified atom stereocenters. The standard InChI is InChI=1S/C14H16ClNO5S/c1-21-11-5-6-13(12(15)8-11)22(19,20)16-10-4-2-3-9(7-10)14(17)18/h2,4-6,8-10,16H,3,7H2,1H3,(H,17,18)/t9-,10-/m0/s1. The van der Waals surface area contributed by atoms with Gasteiger partial charge >= 0.3 is 5.97 Å². The van der Waals surface area contributed by atoms with Crippen LogP contribution in [0.1, 0.15) is 12.8 Å². The van der Waals surface area contributed by atoms with Gasteiger partial charge in [0.2, 0.25) is 10.0 Å². The highest BCUT2D eigenvalue weighted by molar-refractivity contribution is 7.89. The maximum Gasteiger partial charge on any atom is 0.306 e. The Morgan fingerprint density at radius 2 is 2.18 bits per heavy atom. The fourth-order valence-electron chi connectivity index (χ4n) is 2.27. The number of hydrogen-bond acceptors (Lipinski definition) is 4. The minimum absolute atomic E-state index is 0.0430. The Bertz CT molecular complexity index is 701. The van der Waals surface area contributed by atoms with Crippen LogP contribution in [0.15, 0.2) is 35.2 Å². The van der Waals surface area contributed by atoms with Crippen LogP contribution in [0.3, 0.4) is 0 Å². The number of methoxy groups -OCH3 is 1. The van der Waals surface area contributed by atoms with Gasteiger partial charge in [-0.15, -0.1) is 0 Å². The topological polar surface area (TPSA) is 92.7 Å². The van der Waals surface area contributed by atoms with Gasteiger partial charge in [0, 0.05) is 12.1 Å². The fourth-order valence-corrected chi connectivity index (χ4v) is 4.01. The van der Waals surface area contributed by atoms with E-state index in [2.05, 4.69) is 4.72 Å². The lowest BCUT2D eigenvalue weighted by Gasteiger charge is -2.23. The summed E-state index contributed by atoms with van der Waals surface area (Å²) in [6.07, 6.45) is 3.94. The molecule has 0 aliphatic heterocycles. The highest BCUT2D eigenvalue weighted by Gasteiger charge is 2.28. The van der Waals surface area contributed by atoms with Crippen molar-refractivity contribution in [3.8, 4) is 5.75 Å². The minimum atomic E-state index is -3.85. The molecule has 6 nitrogen and oxygen atoms in total. The molecule has 8 heteroatoms. The largest absolute Gasteiger partial charge is 0.497 e. The van der Waals surface area contributed by atoms with E-state index >= 15 is 0 Å². The van der Waals surface area contributed by atoms with E-state index in [1.165, 1.54) is 25.3 Å². The van der Waals surface area contributed by atoms with Crippen LogP contribution < -0.4 is 9.46 Å². The van der Waals surface area contributed by atoms with E-state index in [1.54, 1.807) is 12.2 Å². The number of sulfonamides is 1. The zero-order valence-electron chi connectivity index (χ0n) is 11.8. The molecule has 2 atom stereocenters. The summed E-state index contributed by atoms with van der Waals surface area (Å²) < 4.78 is 32.2. The first kappa shape index (κ1) is 16.8. The summed E-state index contributed by atoms with van der Waals surface area (Å²) in [5.41, 5.74) is 0. The summed E-state index contributed by atoms with van der Waals surface area (Å²) in [6, 6.07) is 3.69. The lowest BCUT2D eigenvalue weighted by Crippen LogP contribution is -2.37. The van der Waals surface area contributed by atoms with Gasteiger partial charge in [-0.2, -0.15) is 0 Å². The molecular weight excluding hydrogens is 330 g/mol. The van der Waals surface area contributed by atoms with E-state index < -0.39 is 28.0 Å². The Balaban J connectivity index is 2.19. The van der Waals surface area contributed by atoms with Gasteiger partial charge in [-0.25, -0.2) is 13.1 Å². The second kappa shape index (κ2) is 6.68. The SMILES string of the molecule is COc1ccc(S(=O)(=O)N[C@H]2C=CC[C@H](C(=O)O)C2)c(Cl)c1. The predicted molar refractivity (Wildman–Crippen MR) is 81.6 cm³/mol. The molecule has 0 heterocycles. The monoisotopic (exact) mass is 345 g/mol. The molecule has 0 fully saturated rings. The lowest BCUT2D eigenvalue weighted by molar-refractivity contribution is -0.142. The number of carboxylic acids is 1. The number of halogens is 1. The highest BCUT2D eigenvalue weighted by Crippen LogP contribution is 2.27. The molecule has 1 aliphatic carbocycles. The van der Waals surface area contributed by atoms with Crippen LogP contribution in [0.2, 0.25) is 5.02 Å². The summed E-state index contributed by atoms with van der Waals surface area (Å²) in [7, 11) is -2.39. The molecule has 22 heavy (non-hydrogen) atoms. The smallest absolute Gasteiger partial charge is 0.306 e. The van der Waals surface area contributed by atoms with Crippen LogP contribution in [-0.4, -0.2) is 32.6 Å². The maximum atomic E-state index is 12.4. The fraction of sp³-hybridized carbons (Fsp3) is 0.357. The minimum Gasteiger partial charge on any atom is -0.497 e. The average Bonchev–Trinajstić information content (AvgIpc) is 2.46. The van der Waals surface area contributed by atoms with Crippen LogP contribution >= 0.6 is 11.6 Å². The van der Waals surface area contributed by atoms with Crippen molar-refractivity contribution >= 4 is 27.6 Å². The van der Waals surface area contributed by atoms with E-state index in [-0.39, 0.29) is 16.3 Å². The number of nitrogens with one attached hydrogen (secondary N) is 1. The Labute approximate surface area is 133 Å². The molecule has 0 amide bonds. The lowest BCUT2D eigenvalue weighted by atomic mass is 9.92. The number of benzene rings is 1. The van der Waals surface area contributed by atoms with E-state index in [1.807, 2.05) is 0 Å². The van der Waals surface area contributed by atoms with Gasteiger partial charge in [0.25, 0.3) is 0 Å². The Hall–Kier alpha value is -1.57. The van der Waals surface area contributed by atoms with Crippen molar-refractivity contribution in [2.75, 3.05) is 7.11 Å². The first-order chi connectivity index (χ1) is 10.3. The first-order valence-electron chi connectivity index (χ1n) is 6.59. The molecule has 0 bridgehead atoms. The third-order valence-corrected chi connectivity index (χ3v) is 5.38. The number of hydrogen-bond donors (Lipinski definition) is 2. The molecule has 1 aromatic rings. The Morgan fingerprint density at radius 3 is 2.77 bits per heavy atom. The molecule has 1 aliphatic rings. The van der Waals surface area contributed by atoms with E-state index in [4.69, 9.17) is 21.4 Å². The molecule has 0 spiro atoms. The van der Waals surface area contributed by atoms with Crippen molar-refractivity contribution < 1.29 is 23.1 Å². The molecule has 0 aromatic heterocycles. The average molecular weight is 346 g/mol. The van der Waals surface area contributed by atoms with Gasteiger partial charge in [-0.05, 0) is 25.0 Å². The normalized spacial score (nSPS) is 21.5. The molecule has 0 saturated heterocycles. The van der Waals surface area contributed by atoms with Crippen molar-refractivity contribution in [2.45, 2.75) is 23.8 Å². The second-order valence-electron chi connectivity index (χ2n) is 4.96. The number of allylic oxidation sites excluding steroid dienone is 1. The predicted octanol–water partition coefficient (Wildman–Crippen LogP) is 2.05. The van der Waals surface area contributed by atoms with E-state index in [0.29, 0.717) is 12.2 Å². The van der Waals surface area contributed by atoms with Gasteiger partial charge in [-0.3, -0.25) is 4.79 Å². The molecule has 0 saturated carbocycles. The molecule has 1 aromatic carbocycles. The van der Waals surface area contributed by atoms with Crippen molar-refractivity contribution in [2.24, 2.45) is 5.92 Å². The molecule has 120 valence electrons. The third kappa shape index (κ3) is 3.79. The molecule has 0 radical (unpaired) electrons. The summed E-state index contributed by atoms with van der Waals surface area (Å²) in [6.45, 7) is 0. The third-order valence-electron chi connectivity index (χ3n) is 3.41. The maximum absolute atomic E-state index is 12.4. The molecule has 2 rings (SSSR count). The Morgan fingerprint density at radius 1 is 1.45 bits per heavy atom. The van der Waals surface area contributed by atoms with Crippen molar-refractivity contribution in [1.82, 2.24) is 4.72 Å². The van der Waals surface area contributed by atoms with Crippen molar-refractivity contribution in [3.05, 3.63) is 35.4 Å². The van der Waals surface area contributed by atoms with E-state index in [9.17, 15) is 13.2 Å². The number of carboxylic acid groups (broad SMARTS) is 1. The van der Waals surface area contributed by atoms with Crippen molar-refractivity contribution in [1.29, 1.82) is 0 Å². The van der Waals surface area contributed by atoms with Crippen LogP contribution in [-0.2, 0) is 14.8 Å². The second-order valence-corrected chi connectivity index (χ2v) is 7.05. The quantitative estimate of drug-likeness (QED) is 0.797.